The van der Waals surface area contributed by atoms with Crippen LogP contribution in [0.4, 0.5) is 0 Å². The number of aliphatic hydroxyl groups is 1. The third-order valence-electron chi connectivity index (χ3n) is 3.40. The van der Waals surface area contributed by atoms with E-state index in [0.717, 1.165) is 44.1 Å². The van der Waals surface area contributed by atoms with Crippen LogP contribution in [0.15, 0.2) is 24.3 Å². The zero-order valence-electron chi connectivity index (χ0n) is 12.0. The van der Waals surface area contributed by atoms with Gasteiger partial charge in [0.1, 0.15) is 24.2 Å². The van der Waals surface area contributed by atoms with Crippen molar-refractivity contribution in [2.24, 2.45) is 0 Å². The van der Waals surface area contributed by atoms with Gasteiger partial charge in [-0.1, -0.05) is 0 Å². The van der Waals surface area contributed by atoms with Crippen molar-refractivity contribution in [1.29, 1.82) is 0 Å². The van der Waals surface area contributed by atoms with Crippen molar-refractivity contribution in [3.8, 4) is 11.5 Å². The Labute approximate surface area is 120 Å². The van der Waals surface area contributed by atoms with Crippen LogP contribution in [0.5, 0.6) is 11.5 Å². The SMILES string of the molecule is COc1ccc(OCC(O)CN2CCCNCC2)cc1. The van der Waals surface area contributed by atoms with E-state index in [-0.39, 0.29) is 0 Å². The Morgan fingerprint density at radius 3 is 2.70 bits per heavy atom. The van der Waals surface area contributed by atoms with Gasteiger partial charge >= 0.3 is 0 Å². The van der Waals surface area contributed by atoms with E-state index in [2.05, 4.69) is 10.2 Å². The molecule has 1 heterocycles. The molecular formula is C15H24N2O3. The summed E-state index contributed by atoms with van der Waals surface area (Å²) in [5, 5.41) is 13.4. The first-order chi connectivity index (χ1) is 9.78. The van der Waals surface area contributed by atoms with Crippen LogP contribution in [0.3, 0.4) is 0 Å². The number of benzene rings is 1. The lowest BCUT2D eigenvalue weighted by Gasteiger charge is -2.22. The third-order valence-corrected chi connectivity index (χ3v) is 3.40. The van der Waals surface area contributed by atoms with E-state index < -0.39 is 6.10 Å². The Morgan fingerprint density at radius 1 is 1.20 bits per heavy atom. The number of methoxy groups -OCH3 is 1. The molecule has 2 rings (SSSR count). The zero-order chi connectivity index (χ0) is 14.2. The molecule has 1 saturated heterocycles. The van der Waals surface area contributed by atoms with Crippen molar-refractivity contribution < 1.29 is 14.6 Å². The van der Waals surface area contributed by atoms with E-state index in [1.165, 1.54) is 0 Å². The molecule has 112 valence electrons. The van der Waals surface area contributed by atoms with Gasteiger partial charge in [0.25, 0.3) is 0 Å². The minimum absolute atomic E-state index is 0.316. The molecule has 5 heteroatoms. The van der Waals surface area contributed by atoms with Crippen LogP contribution in [0.25, 0.3) is 0 Å². The summed E-state index contributed by atoms with van der Waals surface area (Å²) in [6, 6.07) is 7.40. The fourth-order valence-electron chi connectivity index (χ4n) is 2.30. The van der Waals surface area contributed by atoms with E-state index >= 15 is 0 Å². The average Bonchev–Trinajstić information content (AvgIpc) is 2.74. The van der Waals surface area contributed by atoms with Crippen molar-refractivity contribution >= 4 is 0 Å². The summed E-state index contributed by atoms with van der Waals surface area (Å²) >= 11 is 0. The monoisotopic (exact) mass is 280 g/mol. The first-order valence-electron chi connectivity index (χ1n) is 7.16. The van der Waals surface area contributed by atoms with Crippen LogP contribution in [0, 0.1) is 0 Å². The standard InChI is InChI=1S/C15H24N2O3/c1-19-14-3-5-15(6-4-14)20-12-13(18)11-17-9-2-7-16-8-10-17/h3-6,13,16,18H,2,7-12H2,1H3. The normalized spacial score (nSPS) is 18.3. The van der Waals surface area contributed by atoms with Crippen molar-refractivity contribution in [2.45, 2.75) is 12.5 Å². The largest absolute Gasteiger partial charge is 0.497 e. The van der Waals surface area contributed by atoms with Crippen molar-refractivity contribution in [1.82, 2.24) is 10.2 Å². The number of nitrogens with zero attached hydrogens (tertiary/aromatic N) is 1. The fraction of sp³-hybridized carbons (Fsp3) is 0.600. The molecular weight excluding hydrogens is 256 g/mol. The number of hydrogen-bond donors (Lipinski definition) is 2. The molecule has 1 aromatic rings. The second-order valence-corrected chi connectivity index (χ2v) is 5.04. The molecule has 1 unspecified atom stereocenters. The summed E-state index contributed by atoms with van der Waals surface area (Å²) in [5.74, 6) is 1.55. The Morgan fingerprint density at radius 2 is 1.95 bits per heavy atom. The van der Waals surface area contributed by atoms with Gasteiger partial charge in [-0.25, -0.2) is 0 Å². The van der Waals surface area contributed by atoms with Gasteiger partial charge in [-0.15, -0.1) is 0 Å². The topological polar surface area (TPSA) is 54.0 Å². The molecule has 0 saturated carbocycles. The maximum atomic E-state index is 10.0. The predicted octanol–water partition coefficient (Wildman–Crippen LogP) is 0.730. The molecule has 0 radical (unpaired) electrons. The molecule has 0 amide bonds. The highest BCUT2D eigenvalue weighted by atomic mass is 16.5. The minimum Gasteiger partial charge on any atom is -0.497 e. The lowest BCUT2D eigenvalue weighted by Crippen LogP contribution is -2.37. The zero-order valence-corrected chi connectivity index (χ0v) is 12.0. The van der Waals surface area contributed by atoms with E-state index in [1.54, 1.807) is 7.11 Å². The van der Waals surface area contributed by atoms with E-state index in [4.69, 9.17) is 9.47 Å². The van der Waals surface area contributed by atoms with Crippen LogP contribution < -0.4 is 14.8 Å². The summed E-state index contributed by atoms with van der Waals surface area (Å²) in [6.07, 6.45) is 0.668. The molecule has 1 aliphatic rings. The van der Waals surface area contributed by atoms with E-state index in [1.807, 2.05) is 24.3 Å². The number of nitrogens with one attached hydrogen (secondary N) is 1. The average molecular weight is 280 g/mol. The summed E-state index contributed by atoms with van der Waals surface area (Å²) in [7, 11) is 1.63. The van der Waals surface area contributed by atoms with E-state index in [9.17, 15) is 5.11 Å². The molecule has 1 fully saturated rings. The quantitative estimate of drug-likeness (QED) is 0.804. The van der Waals surface area contributed by atoms with Gasteiger partial charge in [0.15, 0.2) is 0 Å². The van der Waals surface area contributed by atoms with Crippen LogP contribution in [0.2, 0.25) is 0 Å². The van der Waals surface area contributed by atoms with Crippen LogP contribution in [-0.2, 0) is 0 Å². The van der Waals surface area contributed by atoms with Gasteiger partial charge in [-0.3, -0.25) is 4.90 Å². The Hall–Kier alpha value is -1.30. The first-order valence-corrected chi connectivity index (χ1v) is 7.16. The minimum atomic E-state index is -0.463. The highest BCUT2D eigenvalue weighted by Gasteiger charge is 2.14. The highest BCUT2D eigenvalue weighted by Crippen LogP contribution is 2.17. The third kappa shape index (κ3) is 5.00. The molecule has 0 aromatic heterocycles. The second-order valence-electron chi connectivity index (χ2n) is 5.04. The number of ether oxygens (including phenoxy) is 2. The number of aliphatic hydroxyl groups excluding tert-OH is 1. The first kappa shape index (κ1) is 15.1. The van der Waals surface area contributed by atoms with E-state index in [0.29, 0.717) is 13.2 Å². The Kier molecular flexibility index (Phi) is 6.11. The maximum Gasteiger partial charge on any atom is 0.119 e. The number of β-amino-alcohol motifs (C(OH)–C–C–N with tert-alkyl or cyclic N) is 1. The number of hydrogen-bond acceptors (Lipinski definition) is 5. The lowest BCUT2D eigenvalue weighted by molar-refractivity contribution is 0.0703. The van der Waals surface area contributed by atoms with Gasteiger partial charge < -0.3 is 19.9 Å². The predicted molar refractivity (Wildman–Crippen MR) is 78.4 cm³/mol. The second kappa shape index (κ2) is 8.09. The smallest absolute Gasteiger partial charge is 0.119 e. The molecule has 0 spiro atoms. The Balaban J connectivity index is 1.71. The van der Waals surface area contributed by atoms with Crippen molar-refractivity contribution in [2.75, 3.05) is 46.4 Å². The van der Waals surface area contributed by atoms with Gasteiger partial charge in [0.05, 0.1) is 7.11 Å². The van der Waals surface area contributed by atoms with Crippen molar-refractivity contribution in [3.05, 3.63) is 24.3 Å². The molecule has 1 atom stereocenters. The van der Waals surface area contributed by atoms with Crippen molar-refractivity contribution in [3.63, 3.8) is 0 Å². The molecule has 2 N–H and O–H groups in total. The van der Waals surface area contributed by atoms with Crippen LogP contribution in [0.1, 0.15) is 6.42 Å². The summed E-state index contributed by atoms with van der Waals surface area (Å²) in [5.41, 5.74) is 0. The summed E-state index contributed by atoms with van der Waals surface area (Å²) in [6.45, 7) is 5.06. The maximum absolute atomic E-state index is 10.0. The highest BCUT2D eigenvalue weighted by molar-refractivity contribution is 5.31. The van der Waals surface area contributed by atoms with Crippen LogP contribution >= 0.6 is 0 Å². The Bertz CT molecular complexity index is 375. The van der Waals surface area contributed by atoms with Gasteiger partial charge in [-0.05, 0) is 43.8 Å². The molecule has 5 nitrogen and oxygen atoms in total. The lowest BCUT2D eigenvalue weighted by atomic mass is 10.3. The molecule has 1 aliphatic heterocycles. The van der Waals surface area contributed by atoms with Gasteiger partial charge in [-0.2, -0.15) is 0 Å². The fourth-order valence-corrected chi connectivity index (χ4v) is 2.30. The van der Waals surface area contributed by atoms with Gasteiger partial charge in [0.2, 0.25) is 0 Å². The van der Waals surface area contributed by atoms with Crippen LogP contribution in [-0.4, -0.2) is 62.6 Å². The summed E-state index contributed by atoms with van der Waals surface area (Å²) in [4.78, 5) is 2.28. The molecule has 0 aliphatic carbocycles. The molecule has 0 bridgehead atoms. The molecule has 20 heavy (non-hydrogen) atoms. The molecule has 1 aromatic carbocycles. The number of rotatable bonds is 6. The summed E-state index contributed by atoms with van der Waals surface area (Å²) < 4.78 is 10.7. The van der Waals surface area contributed by atoms with Gasteiger partial charge in [0, 0.05) is 19.6 Å².